The van der Waals surface area contributed by atoms with E-state index >= 15 is 0 Å². The summed E-state index contributed by atoms with van der Waals surface area (Å²) in [5.41, 5.74) is 4.80. The van der Waals surface area contributed by atoms with E-state index < -0.39 is 32.3 Å². The second-order valence-electron chi connectivity index (χ2n) is 29.6. The lowest BCUT2D eigenvalue weighted by Gasteiger charge is -2.34. The van der Waals surface area contributed by atoms with Crippen molar-refractivity contribution in [2.24, 2.45) is 0 Å². The van der Waals surface area contributed by atoms with E-state index in [0.717, 1.165) is 49.2 Å². The van der Waals surface area contributed by atoms with Crippen molar-refractivity contribution >= 4 is 159 Å². The maximum absolute atomic E-state index is 6.04. The van der Waals surface area contributed by atoms with Crippen LogP contribution < -0.4 is 83.0 Å². The summed E-state index contributed by atoms with van der Waals surface area (Å²) in [6, 6.07) is 175. The lowest BCUT2D eigenvalue weighted by Crippen LogP contribution is -2.74. The minimum Gasteiger partial charge on any atom is -0.278 e. The fourth-order valence-electron chi connectivity index (χ4n) is 18.9. The van der Waals surface area contributed by atoms with Crippen molar-refractivity contribution in [1.82, 2.24) is 24.1 Å². The lowest BCUT2D eigenvalue weighted by molar-refractivity contribution is 0.893. The minimum atomic E-state index is -3.12. The summed E-state index contributed by atoms with van der Waals surface area (Å²) in [7, 11) is -12.5. The lowest BCUT2D eigenvalue weighted by atomic mass is 10.1. The smallest absolute Gasteiger partial charge is 0.240 e. The van der Waals surface area contributed by atoms with Crippen LogP contribution in [0.4, 0.5) is 0 Å². The second-order valence-corrected chi connectivity index (χ2v) is 44.9. The van der Waals surface area contributed by atoms with Crippen LogP contribution in [0.5, 0.6) is 0 Å². The Morgan fingerprint density at radius 2 is 0.307 bits per heavy atom. The predicted molar refractivity (Wildman–Crippen MR) is 488 cm³/mol. The topological polar surface area (TPSA) is 48.5 Å². The van der Waals surface area contributed by atoms with Crippen LogP contribution in [0.25, 0.3) is 66.9 Å². The first-order valence-electron chi connectivity index (χ1n) is 39.2. The van der Waals surface area contributed by atoms with Crippen molar-refractivity contribution in [3.8, 4) is 23.3 Å². The third kappa shape index (κ3) is 11.3. The Morgan fingerprint density at radius 3 is 0.474 bits per heavy atom. The molecule has 538 valence electrons. The number of rotatable bonds is 19. The van der Waals surface area contributed by atoms with Gasteiger partial charge in [0.25, 0.3) is 0 Å². The van der Waals surface area contributed by atoms with E-state index in [1.165, 1.54) is 83.0 Å². The van der Waals surface area contributed by atoms with E-state index in [0.29, 0.717) is 17.7 Å². The van der Waals surface area contributed by atoms with E-state index in [4.69, 9.17) is 15.0 Å². The van der Waals surface area contributed by atoms with Crippen molar-refractivity contribution in [2.45, 2.75) is 0 Å². The zero-order valence-corrected chi connectivity index (χ0v) is 66.7. The Morgan fingerprint density at radius 1 is 0.149 bits per heavy atom. The molecule has 17 aromatic carbocycles. The maximum atomic E-state index is 6.04. The van der Waals surface area contributed by atoms with Gasteiger partial charge in [-0.1, -0.05) is 443 Å². The molecule has 0 aliphatic heterocycles. The van der Waals surface area contributed by atoms with Crippen molar-refractivity contribution in [3.05, 3.63) is 467 Å². The number of benzene rings is 17. The first-order valence-corrected chi connectivity index (χ1v) is 47.2. The van der Waals surface area contributed by atoms with Crippen LogP contribution in [0.2, 0.25) is 0 Å². The zero-order chi connectivity index (χ0) is 75.9. The molecule has 0 aliphatic rings. The molecule has 3 aromatic heterocycles. The maximum Gasteiger partial charge on any atom is 0.240 e. The van der Waals surface area contributed by atoms with Gasteiger partial charge < -0.3 is 0 Å². The molecule has 0 unspecified atom stereocenters. The summed E-state index contributed by atoms with van der Waals surface area (Å²) in [6.45, 7) is 0. The number of aromatic nitrogens is 5. The Labute approximate surface area is 668 Å². The van der Waals surface area contributed by atoms with Gasteiger partial charge in [0.2, 0.25) is 11.9 Å². The normalized spacial score (nSPS) is 12.0. The molecule has 0 saturated carbocycles. The van der Waals surface area contributed by atoms with Crippen LogP contribution in [0.1, 0.15) is 0 Å². The summed E-state index contributed by atoms with van der Waals surface area (Å²) in [6.07, 6.45) is 0. The molecule has 0 aliphatic carbocycles. The molecule has 0 radical (unpaired) electrons. The highest BCUT2D eigenvalue weighted by Crippen LogP contribution is 2.36. The molecule has 20 aromatic rings. The number of fused-ring (bicyclic) bond motifs is 6. The van der Waals surface area contributed by atoms with Gasteiger partial charge in [-0.15, -0.1) is 0 Å². The third-order valence-electron chi connectivity index (χ3n) is 23.8. The van der Waals surface area contributed by atoms with Crippen molar-refractivity contribution in [1.29, 1.82) is 0 Å². The first kappa shape index (κ1) is 69.4. The molecule has 0 spiro atoms. The van der Waals surface area contributed by atoms with Crippen molar-refractivity contribution in [3.63, 3.8) is 0 Å². The standard InChI is InChI=1S/C105H77N5Si4/c1-14-40-78(41-15-1)103-106-104(109-99-70-66-91(111(79-42-16-2-17-43-79,80-44-18-3-19-45-80)81-46-20-4-21-47-81)74-95(99)96-75-92(67-71-100(96)109)112(82-48-22-5-23-49-82,83-50-24-6-25-51-83)84-52-26-7-27-53-84)108-105(107-103)110-101-72-68-93(113(85-54-28-8-29-55-85,86-56-30-9-31-57-86)87-58-32-10-33-59-87)76-97(101)98-77-94(69-73-102(98)110)114(88-60-34-11-35-61-88,89-62-36-12-37-63-89)90-64-38-13-39-65-90/h1-77H. The number of hydrogen-bond donors (Lipinski definition) is 0. The van der Waals surface area contributed by atoms with E-state index in [1.54, 1.807) is 0 Å². The van der Waals surface area contributed by atoms with E-state index in [9.17, 15) is 0 Å². The third-order valence-corrected chi connectivity index (χ3v) is 42.9. The quantitative estimate of drug-likeness (QED) is 0.0599. The molecule has 0 N–H and O–H groups in total. The van der Waals surface area contributed by atoms with Gasteiger partial charge in [-0.2, -0.15) is 15.0 Å². The average molecular weight is 1520 g/mol. The second kappa shape index (κ2) is 29.5. The summed E-state index contributed by atoms with van der Waals surface area (Å²) in [4.78, 5) is 17.6. The summed E-state index contributed by atoms with van der Waals surface area (Å²) < 4.78 is 4.68. The Kier molecular flexibility index (Phi) is 17.9. The van der Waals surface area contributed by atoms with Crippen LogP contribution in [0.3, 0.4) is 0 Å². The number of hydrogen-bond acceptors (Lipinski definition) is 3. The molecule has 0 atom stereocenters. The molecule has 5 nitrogen and oxygen atoms in total. The van der Waals surface area contributed by atoms with Gasteiger partial charge in [0.1, 0.15) is 0 Å². The fraction of sp³-hybridized carbons (Fsp3) is 0. The van der Waals surface area contributed by atoms with Crippen molar-refractivity contribution < 1.29 is 0 Å². The Bertz CT molecular complexity index is 5650. The number of nitrogens with zero attached hydrogens (tertiary/aromatic N) is 5. The van der Waals surface area contributed by atoms with Gasteiger partial charge in [0, 0.05) is 27.1 Å². The highest BCUT2D eigenvalue weighted by Gasteiger charge is 2.47. The summed E-state index contributed by atoms with van der Waals surface area (Å²) >= 11 is 0. The van der Waals surface area contributed by atoms with E-state index in [2.05, 4.69) is 476 Å². The summed E-state index contributed by atoms with van der Waals surface area (Å²) in [5, 5.41) is 25.1. The molecule has 114 heavy (non-hydrogen) atoms. The zero-order valence-electron chi connectivity index (χ0n) is 62.7. The van der Waals surface area contributed by atoms with Gasteiger partial charge in [-0.25, -0.2) is 0 Å². The SMILES string of the molecule is c1ccc(-c2nc(-n3c4ccc([Si](c5ccccc5)(c5ccccc5)c5ccccc5)cc4c4cc([Si](c5ccccc5)(c5ccccc5)c5ccccc5)ccc43)nc(-n3c4ccc([Si](c5ccccc5)(c5ccccc5)c5ccccc5)cc4c4cc([Si](c5ccccc5)(c5ccccc5)c5ccccc5)ccc43)n2)cc1. The largest absolute Gasteiger partial charge is 0.278 e. The van der Waals surface area contributed by atoms with Crippen LogP contribution in [0, 0.1) is 0 Å². The van der Waals surface area contributed by atoms with Crippen molar-refractivity contribution in [2.75, 3.05) is 0 Å². The van der Waals surface area contributed by atoms with E-state index in [-0.39, 0.29) is 0 Å². The molecule has 3 heterocycles. The molecule has 20 rings (SSSR count). The van der Waals surface area contributed by atoms with Crippen LogP contribution in [-0.4, -0.2) is 56.4 Å². The highest BCUT2D eigenvalue weighted by atomic mass is 28.3. The molecule has 0 amide bonds. The first-order chi connectivity index (χ1) is 56.5. The average Bonchev–Trinajstić information content (AvgIpc) is 1.48. The van der Waals surface area contributed by atoms with Gasteiger partial charge >= 0.3 is 0 Å². The van der Waals surface area contributed by atoms with Crippen LogP contribution in [-0.2, 0) is 0 Å². The molecule has 0 bridgehead atoms. The molecular formula is C105H77N5Si4. The Balaban J connectivity index is 0.911. The molecule has 0 saturated heterocycles. The molecular weight excluding hydrogens is 1440 g/mol. The van der Waals surface area contributed by atoms with Gasteiger partial charge in [0.15, 0.2) is 38.1 Å². The fourth-order valence-corrected chi connectivity index (χ4v) is 38.0. The van der Waals surface area contributed by atoms with Crippen LogP contribution >= 0.6 is 0 Å². The summed E-state index contributed by atoms with van der Waals surface area (Å²) in [5.74, 6) is 1.57. The Hall–Kier alpha value is -13.8. The minimum absolute atomic E-state index is 0.505. The monoisotopic (exact) mass is 1520 g/mol. The van der Waals surface area contributed by atoms with Gasteiger partial charge in [-0.05, 0) is 107 Å². The van der Waals surface area contributed by atoms with Gasteiger partial charge in [0.05, 0.1) is 22.1 Å². The highest BCUT2D eigenvalue weighted by molar-refractivity contribution is 7.22. The predicted octanol–water partition coefficient (Wildman–Crippen LogP) is 13.2. The van der Waals surface area contributed by atoms with E-state index in [1.807, 2.05) is 0 Å². The van der Waals surface area contributed by atoms with Gasteiger partial charge in [-0.3, -0.25) is 9.13 Å². The van der Waals surface area contributed by atoms with Crippen LogP contribution in [0.15, 0.2) is 467 Å². The molecule has 9 heteroatoms. The molecule has 0 fully saturated rings.